The molecule has 96 valence electrons. The maximum absolute atomic E-state index is 6.42. The lowest BCUT2D eigenvalue weighted by Gasteiger charge is -2.39. The van der Waals surface area contributed by atoms with E-state index >= 15 is 0 Å². The van der Waals surface area contributed by atoms with E-state index in [2.05, 4.69) is 27.7 Å². The third kappa shape index (κ3) is 3.57. The fraction of sp³-hybridized carbons (Fsp3) is 1.00. The molecular weight excluding hydrogens is 216 g/mol. The van der Waals surface area contributed by atoms with E-state index in [1.165, 1.54) is 32.1 Å². The van der Waals surface area contributed by atoms with Crippen LogP contribution >= 0.6 is 0 Å². The highest BCUT2D eigenvalue weighted by Crippen LogP contribution is 2.43. The van der Waals surface area contributed by atoms with Crippen LogP contribution in [0.2, 0.25) is 11.6 Å². The quantitative estimate of drug-likeness (QED) is 0.673. The number of rotatable bonds is 5. The lowest BCUT2D eigenvalue weighted by Crippen LogP contribution is -2.50. The summed E-state index contributed by atoms with van der Waals surface area (Å²) in [5.74, 6) is 0. The SMILES string of the molecule is CCC[Si](OC)(OC(C)(C)C)C1CCCC1. The first kappa shape index (κ1) is 14.2. The highest BCUT2D eigenvalue weighted by Gasteiger charge is 2.47. The zero-order chi connectivity index (χ0) is 12.2. The van der Waals surface area contributed by atoms with E-state index in [4.69, 9.17) is 8.85 Å². The van der Waals surface area contributed by atoms with Crippen LogP contribution in [0, 0.1) is 0 Å². The smallest absolute Gasteiger partial charge is 0.341 e. The van der Waals surface area contributed by atoms with Crippen molar-refractivity contribution >= 4 is 8.56 Å². The monoisotopic (exact) mass is 244 g/mol. The Hall–Kier alpha value is 0.137. The molecule has 1 saturated carbocycles. The summed E-state index contributed by atoms with van der Waals surface area (Å²) in [6.45, 7) is 8.69. The molecule has 16 heavy (non-hydrogen) atoms. The van der Waals surface area contributed by atoms with Crippen LogP contribution < -0.4 is 0 Å². The summed E-state index contributed by atoms with van der Waals surface area (Å²) in [5.41, 5.74) is 0.650. The van der Waals surface area contributed by atoms with Gasteiger partial charge in [-0.15, -0.1) is 0 Å². The molecule has 1 unspecified atom stereocenters. The molecule has 0 heterocycles. The summed E-state index contributed by atoms with van der Waals surface area (Å²) in [6.07, 6.45) is 6.53. The molecule has 0 saturated heterocycles. The van der Waals surface area contributed by atoms with Crippen molar-refractivity contribution in [3.63, 3.8) is 0 Å². The van der Waals surface area contributed by atoms with Crippen LogP contribution in [0.4, 0.5) is 0 Å². The third-order valence-corrected chi connectivity index (χ3v) is 8.07. The highest BCUT2D eigenvalue weighted by molar-refractivity contribution is 6.69. The Labute approximate surface area is 102 Å². The van der Waals surface area contributed by atoms with Crippen molar-refractivity contribution in [3.8, 4) is 0 Å². The van der Waals surface area contributed by atoms with Gasteiger partial charge in [-0.1, -0.05) is 26.2 Å². The molecule has 0 aromatic rings. The van der Waals surface area contributed by atoms with Gasteiger partial charge in [0.1, 0.15) is 0 Å². The largest absolute Gasteiger partial charge is 0.397 e. The van der Waals surface area contributed by atoms with E-state index in [0.29, 0.717) is 0 Å². The molecule has 1 rings (SSSR count). The molecule has 1 aliphatic carbocycles. The Morgan fingerprint density at radius 2 is 1.75 bits per heavy atom. The number of hydrogen-bond acceptors (Lipinski definition) is 2. The topological polar surface area (TPSA) is 18.5 Å². The fourth-order valence-corrected chi connectivity index (χ4v) is 7.20. The Bertz CT molecular complexity index is 206. The summed E-state index contributed by atoms with van der Waals surface area (Å²) in [7, 11) is -0.105. The van der Waals surface area contributed by atoms with Gasteiger partial charge in [-0.25, -0.2) is 0 Å². The van der Waals surface area contributed by atoms with Gasteiger partial charge in [-0.2, -0.15) is 0 Å². The molecule has 0 aliphatic heterocycles. The van der Waals surface area contributed by atoms with Crippen LogP contribution in [-0.2, 0) is 8.85 Å². The van der Waals surface area contributed by atoms with Crippen molar-refractivity contribution in [2.45, 2.75) is 77.0 Å². The van der Waals surface area contributed by atoms with E-state index in [9.17, 15) is 0 Å². The first-order valence-electron chi connectivity index (χ1n) is 6.69. The Morgan fingerprint density at radius 3 is 2.12 bits per heavy atom. The van der Waals surface area contributed by atoms with Gasteiger partial charge in [0.15, 0.2) is 0 Å². The molecule has 1 aliphatic rings. The average Bonchev–Trinajstić information content (AvgIpc) is 2.68. The summed E-state index contributed by atoms with van der Waals surface area (Å²) in [5, 5.41) is 0. The Kier molecular flexibility index (Phi) is 5.01. The predicted molar refractivity (Wildman–Crippen MR) is 70.9 cm³/mol. The molecule has 0 amide bonds. The summed E-state index contributed by atoms with van der Waals surface area (Å²) >= 11 is 0. The van der Waals surface area contributed by atoms with E-state index < -0.39 is 8.56 Å². The molecule has 0 bridgehead atoms. The van der Waals surface area contributed by atoms with Gasteiger partial charge in [0.05, 0.1) is 5.60 Å². The zero-order valence-corrected chi connectivity index (χ0v) is 12.6. The van der Waals surface area contributed by atoms with Crippen molar-refractivity contribution in [1.29, 1.82) is 0 Å². The minimum atomic E-state index is -1.97. The normalized spacial score (nSPS) is 22.3. The summed E-state index contributed by atoms with van der Waals surface area (Å²) < 4.78 is 12.4. The Morgan fingerprint density at radius 1 is 1.19 bits per heavy atom. The molecule has 0 radical (unpaired) electrons. The van der Waals surface area contributed by atoms with E-state index in [1.54, 1.807) is 0 Å². The van der Waals surface area contributed by atoms with Gasteiger partial charge in [0.25, 0.3) is 0 Å². The average molecular weight is 244 g/mol. The first-order chi connectivity index (χ1) is 7.43. The maximum Gasteiger partial charge on any atom is 0.341 e. The van der Waals surface area contributed by atoms with E-state index in [1.807, 2.05) is 7.11 Å². The van der Waals surface area contributed by atoms with Crippen molar-refractivity contribution in [2.24, 2.45) is 0 Å². The van der Waals surface area contributed by atoms with Crippen LogP contribution in [0.5, 0.6) is 0 Å². The molecule has 3 heteroatoms. The zero-order valence-electron chi connectivity index (χ0n) is 11.6. The molecule has 0 aromatic heterocycles. The van der Waals surface area contributed by atoms with Crippen molar-refractivity contribution < 1.29 is 8.85 Å². The van der Waals surface area contributed by atoms with Gasteiger partial charge >= 0.3 is 8.56 Å². The van der Waals surface area contributed by atoms with Crippen LogP contribution in [-0.4, -0.2) is 21.3 Å². The van der Waals surface area contributed by atoms with Gasteiger partial charge in [-0.3, -0.25) is 0 Å². The number of hydrogen-bond donors (Lipinski definition) is 0. The lowest BCUT2D eigenvalue weighted by molar-refractivity contribution is 0.0664. The second kappa shape index (κ2) is 5.65. The molecular formula is C13H28O2Si. The summed E-state index contributed by atoms with van der Waals surface area (Å²) in [6, 6.07) is 1.14. The Balaban J connectivity index is 2.80. The second-order valence-corrected chi connectivity index (χ2v) is 9.51. The van der Waals surface area contributed by atoms with Crippen molar-refractivity contribution in [3.05, 3.63) is 0 Å². The minimum Gasteiger partial charge on any atom is -0.397 e. The van der Waals surface area contributed by atoms with Crippen LogP contribution in [0.25, 0.3) is 0 Å². The summed E-state index contributed by atoms with van der Waals surface area (Å²) in [4.78, 5) is 0. The van der Waals surface area contributed by atoms with E-state index in [0.717, 1.165) is 11.6 Å². The molecule has 1 fully saturated rings. The molecule has 2 nitrogen and oxygen atoms in total. The van der Waals surface area contributed by atoms with E-state index in [-0.39, 0.29) is 5.60 Å². The standard InChI is InChI=1S/C13H28O2Si/c1-6-11-16(14-5,15-13(2,3)4)12-9-7-8-10-12/h12H,6-11H2,1-5H3. The molecule has 0 N–H and O–H groups in total. The van der Waals surface area contributed by atoms with Gasteiger partial charge in [-0.05, 0) is 39.7 Å². The van der Waals surface area contributed by atoms with Crippen LogP contribution in [0.3, 0.4) is 0 Å². The molecule has 0 aromatic carbocycles. The molecule has 0 spiro atoms. The predicted octanol–water partition coefficient (Wildman–Crippen LogP) is 4.24. The lowest BCUT2D eigenvalue weighted by atomic mass is 10.2. The van der Waals surface area contributed by atoms with Crippen LogP contribution in [0.1, 0.15) is 59.8 Å². The minimum absolute atomic E-state index is 0.0695. The van der Waals surface area contributed by atoms with Crippen molar-refractivity contribution in [1.82, 2.24) is 0 Å². The van der Waals surface area contributed by atoms with Gasteiger partial charge in [0, 0.05) is 12.7 Å². The molecule has 1 atom stereocenters. The first-order valence-corrected chi connectivity index (χ1v) is 8.79. The van der Waals surface area contributed by atoms with Gasteiger partial charge < -0.3 is 8.85 Å². The maximum atomic E-state index is 6.42. The van der Waals surface area contributed by atoms with Crippen LogP contribution in [0.15, 0.2) is 0 Å². The van der Waals surface area contributed by atoms with Crippen molar-refractivity contribution in [2.75, 3.05) is 7.11 Å². The highest BCUT2D eigenvalue weighted by atomic mass is 28.4. The van der Waals surface area contributed by atoms with Gasteiger partial charge in [0.2, 0.25) is 0 Å². The third-order valence-electron chi connectivity index (χ3n) is 3.40. The second-order valence-electron chi connectivity index (χ2n) is 5.96. The fourth-order valence-electron chi connectivity index (χ4n) is 2.88.